The standard InChI is InChI=1S/C8H14N2.C7H13N3.2C7H12N2.C6H11N3/c1-8(2,3)7-5-6-10(4)9-7;1-6-8-5-10(9-6)7(2,3)4;2*1-7(2,3)9-5-4-8-6-9;1-6(2,3)5-7-4-8-9-5/h5-6H,1-4H3;5H,1-4H3;2*4-6H,1-3H3;4H,1-3H3,(H,7,8,9). The molecule has 1 N–H and O–H groups in total. The summed E-state index contributed by atoms with van der Waals surface area (Å²) in [6.07, 6.45) is 16.5. The lowest BCUT2D eigenvalue weighted by Gasteiger charge is -2.19. The molecule has 0 aliphatic carbocycles. The minimum Gasteiger partial charge on any atom is -0.332 e. The Morgan fingerprint density at radius 2 is 1.11 bits per heavy atom. The van der Waals surface area contributed by atoms with Gasteiger partial charge in [-0.25, -0.2) is 24.6 Å². The van der Waals surface area contributed by atoms with Crippen molar-refractivity contribution in [1.29, 1.82) is 0 Å². The van der Waals surface area contributed by atoms with Crippen LogP contribution in [-0.4, -0.2) is 58.8 Å². The van der Waals surface area contributed by atoms with Gasteiger partial charge in [-0.1, -0.05) is 41.5 Å². The fraction of sp³-hybridized carbons (Fsp3) is 0.629. The summed E-state index contributed by atoms with van der Waals surface area (Å²) < 4.78 is 7.85. The van der Waals surface area contributed by atoms with Crippen LogP contribution in [0.4, 0.5) is 0 Å². The zero-order valence-corrected chi connectivity index (χ0v) is 32.2. The molecule has 0 radical (unpaired) electrons. The van der Waals surface area contributed by atoms with Crippen LogP contribution in [0, 0.1) is 6.92 Å². The molecular weight excluding hydrogens is 588 g/mol. The van der Waals surface area contributed by atoms with Crippen LogP contribution in [0.25, 0.3) is 0 Å². The molecule has 0 bridgehead atoms. The van der Waals surface area contributed by atoms with Crippen molar-refractivity contribution >= 4 is 0 Å². The topological polar surface area (TPSA) is 126 Å². The van der Waals surface area contributed by atoms with E-state index in [4.69, 9.17) is 0 Å². The van der Waals surface area contributed by atoms with Gasteiger partial charge in [-0.3, -0.25) is 9.78 Å². The molecule has 0 atom stereocenters. The number of hydrogen-bond donors (Lipinski definition) is 1. The van der Waals surface area contributed by atoms with E-state index >= 15 is 0 Å². The first-order valence-corrected chi connectivity index (χ1v) is 16.0. The van der Waals surface area contributed by atoms with E-state index in [-0.39, 0.29) is 27.4 Å². The lowest BCUT2D eigenvalue weighted by Crippen LogP contribution is -2.22. The van der Waals surface area contributed by atoms with Crippen molar-refractivity contribution in [1.82, 2.24) is 58.8 Å². The maximum atomic E-state index is 4.30. The Kier molecular flexibility index (Phi) is 14.5. The molecule has 0 aliphatic rings. The van der Waals surface area contributed by atoms with Crippen LogP contribution in [0.2, 0.25) is 0 Å². The Hall–Kier alpha value is -4.09. The van der Waals surface area contributed by atoms with Crippen LogP contribution in [0.5, 0.6) is 0 Å². The van der Waals surface area contributed by atoms with E-state index in [1.165, 1.54) is 6.33 Å². The van der Waals surface area contributed by atoms with Crippen LogP contribution in [0.3, 0.4) is 0 Å². The molecule has 47 heavy (non-hydrogen) atoms. The highest BCUT2D eigenvalue weighted by Gasteiger charge is 2.17. The van der Waals surface area contributed by atoms with Gasteiger partial charge in [0.25, 0.3) is 0 Å². The van der Waals surface area contributed by atoms with E-state index in [9.17, 15) is 0 Å². The Morgan fingerprint density at radius 3 is 1.28 bits per heavy atom. The maximum Gasteiger partial charge on any atom is 0.147 e. The number of aromatic amines is 1. The second kappa shape index (κ2) is 16.6. The number of nitrogens with one attached hydrogen (secondary N) is 1. The molecule has 5 aromatic rings. The molecule has 12 heteroatoms. The van der Waals surface area contributed by atoms with Crippen molar-refractivity contribution < 1.29 is 0 Å². The molecule has 0 fully saturated rings. The normalized spacial score (nSPS) is 11.9. The second-order valence-electron chi connectivity index (χ2n) is 16.4. The minimum atomic E-state index is 0.0568. The molecule has 12 nitrogen and oxygen atoms in total. The monoisotopic (exact) mass is 651 g/mol. The molecule has 5 rings (SSSR count). The lowest BCUT2D eigenvalue weighted by atomic mass is 9.93. The highest BCUT2D eigenvalue weighted by Crippen LogP contribution is 2.19. The zero-order chi connectivity index (χ0) is 36.3. The Balaban J connectivity index is 0.000000294. The highest BCUT2D eigenvalue weighted by molar-refractivity contribution is 5.09. The van der Waals surface area contributed by atoms with Crippen LogP contribution < -0.4 is 0 Å². The summed E-state index contributed by atoms with van der Waals surface area (Å²) >= 11 is 0. The molecule has 5 aromatic heterocycles. The van der Waals surface area contributed by atoms with Gasteiger partial charge in [0.2, 0.25) is 0 Å². The van der Waals surface area contributed by atoms with Gasteiger partial charge in [0, 0.05) is 59.9 Å². The highest BCUT2D eigenvalue weighted by atomic mass is 15.4. The van der Waals surface area contributed by atoms with Crippen LogP contribution in [0.15, 0.2) is 62.4 Å². The quantitative estimate of drug-likeness (QED) is 0.185. The first-order chi connectivity index (χ1) is 21.3. The van der Waals surface area contributed by atoms with Crippen LogP contribution in [0.1, 0.15) is 121 Å². The van der Waals surface area contributed by atoms with Crippen molar-refractivity contribution in [2.75, 3.05) is 0 Å². The summed E-state index contributed by atoms with van der Waals surface area (Å²) in [5.74, 6) is 1.76. The van der Waals surface area contributed by atoms with Crippen molar-refractivity contribution in [2.24, 2.45) is 7.05 Å². The van der Waals surface area contributed by atoms with Crippen molar-refractivity contribution in [3.8, 4) is 0 Å². The predicted molar refractivity (Wildman–Crippen MR) is 191 cm³/mol. The maximum absolute atomic E-state index is 4.30. The van der Waals surface area contributed by atoms with Crippen LogP contribution in [-0.2, 0) is 34.5 Å². The summed E-state index contributed by atoms with van der Waals surface area (Å²) in [6, 6.07) is 2.06. The number of H-pyrrole nitrogens is 1. The van der Waals surface area contributed by atoms with E-state index in [1.807, 2.05) is 54.6 Å². The third kappa shape index (κ3) is 15.8. The van der Waals surface area contributed by atoms with Crippen molar-refractivity contribution in [2.45, 2.75) is 138 Å². The third-order valence-electron chi connectivity index (χ3n) is 6.46. The molecular formula is C35H62N12. The number of aromatic nitrogens is 12. The molecule has 262 valence electrons. The molecule has 0 saturated carbocycles. The third-order valence-corrected chi connectivity index (χ3v) is 6.46. The van der Waals surface area contributed by atoms with Crippen LogP contribution >= 0.6 is 0 Å². The fourth-order valence-corrected chi connectivity index (χ4v) is 3.36. The summed E-state index contributed by atoms with van der Waals surface area (Å²) in [5.41, 5.74) is 1.83. The van der Waals surface area contributed by atoms with Crippen molar-refractivity contribution in [3.63, 3.8) is 0 Å². The van der Waals surface area contributed by atoms with Gasteiger partial charge in [-0.15, -0.1) is 0 Å². The number of aryl methyl sites for hydroxylation is 2. The summed E-state index contributed by atoms with van der Waals surface area (Å²) in [4.78, 5) is 16.0. The average molecular weight is 651 g/mol. The average Bonchev–Trinajstić information content (AvgIpc) is 3.72. The van der Waals surface area contributed by atoms with Gasteiger partial charge in [0.15, 0.2) is 0 Å². The lowest BCUT2D eigenvalue weighted by molar-refractivity contribution is 0.353. The minimum absolute atomic E-state index is 0.0568. The van der Waals surface area contributed by atoms with Gasteiger partial charge in [-0.05, 0) is 75.3 Å². The summed E-state index contributed by atoms with van der Waals surface area (Å²) in [5, 5.41) is 15.1. The molecule has 0 amide bonds. The Morgan fingerprint density at radius 1 is 0.596 bits per heavy atom. The van der Waals surface area contributed by atoms with Crippen molar-refractivity contribution in [3.05, 3.63) is 79.7 Å². The van der Waals surface area contributed by atoms with Gasteiger partial charge in [0.05, 0.1) is 23.9 Å². The van der Waals surface area contributed by atoms with E-state index in [1.54, 1.807) is 18.7 Å². The van der Waals surface area contributed by atoms with E-state index < -0.39 is 0 Å². The Bertz CT molecular complexity index is 1330. The number of rotatable bonds is 0. The largest absolute Gasteiger partial charge is 0.332 e. The summed E-state index contributed by atoms with van der Waals surface area (Å²) in [6.45, 7) is 33.8. The van der Waals surface area contributed by atoms with Gasteiger partial charge >= 0.3 is 0 Å². The second-order valence-corrected chi connectivity index (χ2v) is 16.4. The molecule has 0 spiro atoms. The fourth-order valence-electron chi connectivity index (χ4n) is 3.36. The zero-order valence-electron chi connectivity index (χ0n) is 32.2. The number of nitrogens with zero attached hydrogens (tertiary/aromatic N) is 11. The number of hydrogen-bond acceptors (Lipinski definition) is 7. The summed E-state index contributed by atoms with van der Waals surface area (Å²) in [7, 11) is 1.94. The smallest absolute Gasteiger partial charge is 0.147 e. The first-order valence-electron chi connectivity index (χ1n) is 16.0. The SMILES string of the molecule is CC(C)(C)c1ncn[nH]1.CC(C)(C)n1ccnc1.CC(C)(C)n1ccnc1.Cc1ncn(C(C)(C)C)n1.Cn1ccc(C(C)(C)C)n1. The first kappa shape index (κ1) is 40.9. The van der Waals surface area contributed by atoms with E-state index in [2.05, 4.69) is 159 Å². The van der Waals surface area contributed by atoms with Gasteiger partial charge < -0.3 is 9.13 Å². The van der Waals surface area contributed by atoms with E-state index in [0.29, 0.717) is 0 Å². The van der Waals surface area contributed by atoms with E-state index in [0.717, 1.165) is 17.3 Å². The van der Waals surface area contributed by atoms with Gasteiger partial charge in [-0.2, -0.15) is 15.3 Å². The number of imidazole rings is 2. The molecule has 0 aliphatic heterocycles. The molecule has 0 aromatic carbocycles. The Labute approximate surface area is 283 Å². The molecule has 0 unspecified atom stereocenters. The molecule has 0 saturated heterocycles. The van der Waals surface area contributed by atoms with Gasteiger partial charge in [0.1, 0.15) is 24.3 Å². The predicted octanol–water partition coefficient (Wildman–Crippen LogP) is 7.44. The molecule has 5 heterocycles.